The topological polar surface area (TPSA) is 421 Å². The molecule has 1 saturated heterocycles. The summed E-state index contributed by atoms with van der Waals surface area (Å²) in [5, 5.41) is 25.7. The Morgan fingerprint density at radius 2 is 1.67 bits per heavy atom. The number of nitrogens with one attached hydrogen (secondary N) is 2. The van der Waals surface area contributed by atoms with Gasteiger partial charge in [0.2, 0.25) is 11.8 Å². The number of ether oxygens (including phenoxy) is 1. The van der Waals surface area contributed by atoms with Crippen LogP contribution in [0.2, 0.25) is 0 Å². The number of hydrogen-bond donors (Lipinski definition) is 6. The number of nitrogens with two attached hydrogens (primary N) is 1. The molecule has 1 aliphatic rings. The number of phosphoric ester groups is 3. The standard InChI is InChI=1S/C25H40N7O18P3S.3Na.H2O/c1-13(33)8-16(35)54-7-6-27-15(34)4-5-28-23(38)20(37)25(2,3)10-47-53(44,45)50-52(42,43)46-9-14-19(49-51(39,40)41)18(36)24(48-14)32-12-31-17-21(26)29-11-30-22(17)32;;;;/h11-12,14,18-20,24,36-37H,4-10H2,1-3H3,(H,27,34)(H,28,38)(H,42,43)(H,44,45)(H2,26,29,30)(H2,39,40,41);;;;1H2/q;3*+1;/p-3/t14-,18-,19-,20+,24-;;;;/m1..../s1. The number of carbonyl (C=O) groups is 4. The average Bonchev–Trinajstić information content (AvgIpc) is 3.60. The van der Waals surface area contributed by atoms with Gasteiger partial charge in [-0.25, -0.2) is 19.3 Å². The molecule has 2 amide bonds. The fourth-order valence-corrected chi connectivity index (χ4v) is 8.01. The number of hydrogen-bond acceptors (Lipinski definition) is 22. The number of aliphatic hydroxyl groups excluding tert-OH is 2. The molecule has 3 rings (SSSR count). The van der Waals surface area contributed by atoms with Crippen molar-refractivity contribution in [3.05, 3.63) is 12.7 Å². The molecule has 0 saturated carbocycles. The number of aromatic nitrogens is 4. The van der Waals surface area contributed by atoms with E-state index >= 15 is 0 Å². The van der Waals surface area contributed by atoms with Crippen LogP contribution in [0.15, 0.2) is 12.7 Å². The molecule has 0 radical (unpaired) electrons. The summed E-state index contributed by atoms with van der Waals surface area (Å²) in [5.74, 6) is -1.70. The van der Waals surface area contributed by atoms with Crippen LogP contribution in [0, 0.1) is 5.41 Å². The van der Waals surface area contributed by atoms with Crippen LogP contribution in [-0.4, -0.2) is 119 Å². The molecule has 8 atom stereocenters. The summed E-state index contributed by atoms with van der Waals surface area (Å²) >= 11 is 0.868. The number of carbonyl (C=O) groups excluding carboxylic acids is 4. The Hall–Kier alpha value is 0.190. The maximum absolute atomic E-state index is 12.5. The van der Waals surface area contributed by atoms with Gasteiger partial charge in [-0.1, -0.05) is 25.6 Å². The van der Waals surface area contributed by atoms with Gasteiger partial charge in [-0.05, 0) is 6.92 Å². The summed E-state index contributed by atoms with van der Waals surface area (Å²) in [6.07, 6.45) is -7.72. The van der Waals surface area contributed by atoms with Crippen molar-refractivity contribution in [2.45, 2.75) is 64.3 Å². The van der Waals surface area contributed by atoms with Crippen molar-refractivity contribution in [3.63, 3.8) is 0 Å². The van der Waals surface area contributed by atoms with Gasteiger partial charge in [0, 0.05) is 30.7 Å². The molecule has 3 heterocycles. The Kier molecular flexibility index (Phi) is 27.1. The van der Waals surface area contributed by atoms with Crippen LogP contribution < -0.4 is 120 Å². The molecular formula is C25H39N7Na3O19P3S. The molecule has 0 bridgehead atoms. The van der Waals surface area contributed by atoms with Crippen molar-refractivity contribution in [1.29, 1.82) is 0 Å². The monoisotopic (exact) mass is 935 g/mol. The maximum atomic E-state index is 12.5. The normalized spacial score (nSPS) is 21.3. The number of nitrogens with zero attached hydrogens (tertiary/aromatic N) is 4. The number of thioether (sulfide) groups is 1. The summed E-state index contributed by atoms with van der Waals surface area (Å²) in [5.41, 5.74) is 4.07. The maximum Gasteiger partial charge on any atom is 1.00 e. The Labute approximate surface area is 400 Å². The van der Waals surface area contributed by atoms with E-state index in [0.717, 1.165) is 29.0 Å². The summed E-state index contributed by atoms with van der Waals surface area (Å²) < 4.78 is 60.6. The van der Waals surface area contributed by atoms with E-state index in [1.807, 2.05) is 0 Å². The molecule has 3 unspecified atom stereocenters. The van der Waals surface area contributed by atoms with E-state index in [2.05, 4.69) is 43.5 Å². The van der Waals surface area contributed by atoms with Gasteiger partial charge in [0.25, 0.3) is 23.5 Å². The molecule has 0 aliphatic carbocycles. The molecule has 58 heavy (non-hydrogen) atoms. The molecule has 9 N–H and O–H groups in total. The van der Waals surface area contributed by atoms with Gasteiger partial charge in [-0.2, -0.15) is 0 Å². The fraction of sp³-hybridized carbons (Fsp3) is 0.640. The van der Waals surface area contributed by atoms with Crippen molar-refractivity contribution in [3.8, 4) is 0 Å². The quantitative estimate of drug-likeness (QED) is 0.0293. The molecule has 312 valence electrons. The Balaban J connectivity index is 0. The number of Topliss-reactive ketones (excluding diaryl/α,β-unsaturated/α-hetero) is 1. The number of imidazole rings is 1. The third-order valence-electron chi connectivity index (χ3n) is 7.14. The molecule has 2 aromatic heterocycles. The Morgan fingerprint density at radius 1 is 1.05 bits per heavy atom. The zero-order valence-corrected chi connectivity index (χ0v) is 41.6. The number of fused-ring (bicyclic) bond motifs is 1. The summed E-state index contributed by atoms with van der Waals surface area (Å²) in [4.78, 5) is 104. The second-order valence-electron chi connectivity index (χ2n) is 12.1. The van der Waals surface area contributed by atoms with Crippen molar-refractivity contribution < 1.29 is 179 Å². The third kappa shape index (κ3) is 19.3. The molecule has 33 heteroatoms. The number of ketones is 1. The molecule has 0 spiro atoms. The average molecular weight is 936 g/mol. The van der Waals surface area contributed by atoms with Crippen molar-refractivity contribution in [2.75, 3.05) is 37.8 Å². The SMILES string of the molecule is CC(=O)CC(=O)SCCNC(=O)CCNC(=O)[C@H](O)C(C)(C)COP(=O)([O-])OP(=O)([O-])OC[C@H]1O[C@@H](n2cnc3c(N)ncnc32)[C@H](O)[C@@H]1OP(=O)([O-])O.O.[Na+].[Na+].[Na+]. The summed E-state index contributed by atoms with van der Waals surface area (Å²) in [6.45, 7) is 1.22. The predicted molar refractivity (Wildman–Crippen MR) is 179 cm³/mol. The zero-order valence-electron chi connectivity index (χ0n) is 32.1. The molecular weight excluding hydrogens is 896 g/mol. The number of phosphoric acid groups is 3. The van der Waals surface area contributed by atoms with E-state index in [9.17, 15) is 62.7 Å². The minimum absolute atomic E-state index is 0. The first-order chi connectivity index (χ1) is 24.9. The summed E-state index contributed by atoms with van der Waals surface area (Å²) in [7, 11) is -17.3. The number of rotatable bonds is 21. The first kappa shape index (κ1) is 60.3. The van der Waals surface area contributed by atoms with Gasteiger partial charge in [0.05, 0.1) is 26.0 Å². The largest absolute Gasteiger partial charge is 1.00 e. The first-order valence-corrected chi connectivity index (χ1v) is 20.8. The van der Waals surface area contributed by atoms with Crippen LogP contribution in [0.1, 0.15) is 39.8 Å². The smallest absolute Gasteiger partial charge is 0.756 e. The molecule has 0 aromatic carbocycles. The first-order valence-electron chi connectivity index (χ1n) is 15.4. The Bertz CT molecular complexity index is 1850. The molecule has 1 aliphatic heterocycles. The van der Waals surface area contributed by atoms with Gasteiger partial charge in [0.15, 0.2) is 22.8 Å². The zero-order chi connectivity index (χ0) is 40.6. The van der Waals surface area contributed by atoms with E-state index in [1.54, 1.807) is 0 Å². The van der Waals surface area contributed by atoms with Crippen LogP contribution in [0.25, 0.3) is 11.2 Å². The van der Waals surface area contributed by atoms with E-state index in [-0.39, 0.29) is 154 Å². The van der Waals surface area contributed by atoms with Crippen LogP contribution in [0.3, 0.4) is 0 Å². The van der Waals surface area contributed by atoms with Gasteiger partial charge >= 0.3 is 88.7 Å². The number of amides is 2. The van der Waals surface area contributed by atoms with Crippen molar-refractivity contribution >= 4 is 74.9 Å². The van der Waals surface area contributed by atoms with Crippen LogP contribution in [0.4, 0.5) is 5.82 Å². The van der Waals surface area contributed by atoms with Crippen molar-refractivity contribution in [1.82, 2.24) is 30.2 Å². The van der Waals surface area contributed by atoms with E-state index in [1.165, 1.54) is 20.8 Å². The predicted octanol–water partition coefficient (Wildman–Crippen LogP) is -13.1. The van der Waals surface area contributed by atoms with Gasteiger partial charge < -0.3 is 69.9 Å². The molecule has 2 aromatic rings. The second-order valence-corrected chi connectivity index (χ2v) is 17.4. The minimum Gasteiger partial charge on any atom is -0.756 e. The van der Waals surface area contributed by atoms with E-state index < -0.39 is 84.6 Å². The second kappa shape index (κ2) is 26.1. The van der Waals surface area contributed by atoms with Gasteiger partial charge in [0.1, 0.15) is 42.0 Å². The van der Waals surface area contributed by atoms with Crippen LogP contribution >= 0.6 is 35.2 Å². The number of anilines is 1. The molecule has 26 nitrogen and oxygen atoms in total. The van der Waals surface area contributed by atoms with Crippen molar-refractivity contribution in [2.24, 2.45) is 5.41 Å². The molecule has 1 fully saturated rings. The minimum atomic E-state index is -5.90. The van der Waals surface area contributed by atoms with Crippen LogP contribution in [-0.2, 0) is 55.5 Å². The van der Waals surface area contributed by atoms with Gasteiger partial charge in [-0.3, -0.25) is 37.4 Å². The third-order valence-corrected chi connectivity index (χ3v) is 11.0. The van der Waals surface area contributed by atoms with E-state index in [4.69, 9.17) is 10.5 Å². The Morgan fingerprint density at radius 3 is 2.28 bits per heavy atom. The number of aliphatic hydroxyl groups is 2. The van der Waals surface area contributed by atoms with Gasteiger partial charge in [-0.15, -0.1) is 0 Å². The van der Waals surface area contributed by atoms with Crippen LogP contribution in [0.5, 0.6) is 0 Å². The fourth-order valence-electron chi connectivity index (χ4n) is 4.53. The number of nitrogen functional groups attached to an aromatic ring is 1. The van der Waals surface area contributed by atoms with E-state index in [0.29, 0.717) is 0 Å². The summed E-state index contributed by atoms with van der Waals surface area (Å²) in [6, 6.07) is 0.